The number of hydrogen-bond acceptors (Lipinski definition) is 8. The maximum atomic E-state index is 13.6. The summed E-state index contributed by atoms with van der Waals surface area (Å²) in [4.78, 5) is 78.2. The number of rotatable bonds is 20. The van der Waals surface area contributed by atoms with E-state index in [4.69, 9.17) is 5.73 Å². The van der Waals surface area contributed by atoms with Crippen LogP contribution in [0.15, 0.2) is 54.6 Å². The minimum Gasteiger partial charge on any atom is -0.480 e. The molecule has 14 nitrogen and oxygen atoms in total. The molecule has 2 aromatic carbocycles. The van der Waals surface area contributed by atoms with Gasteiger partial charge in [-0.3, -0.25) is 24.0 Å². The fourth-order valence-corrected chi connectivity index (χ4v) is 5.29. The summed E-state index contributed by atoms with van der Waals surface area (Å²) < 4.78 is 0. The summed E-state index contributed by atoms with van der Waals surface area (Å²) in [6, 6.07) is 10.3. The molecule has 0 spiro atoms. The molecule has 0 aromatic heterocycles. The van der Waals surface area contributed by atoms with Crippen molar-refractivity contribution in [1.82, 2.24) is 26.6 Å². The molecular formula is C38H56N6O8. The van der Waals surface area contributed by atoms with Crippen molar-refractivity contribution < 1.29 is 39.0 Å². The van der Waals surface area contributed by atoms with Crippen molar-refractivity contribution in [2.75, 3.05) is 13.2 Å². The smallest absolute Gasteiger partial charge is 0.328 e. The minimum atomic E-state index is -1.57. The first-order valence-electron chi connectivity index (χ1n) is 17.7. The van der Waals surface area contributed by atoms with Gasteiger partial charge in [-0.05, 0) is 73.7 Å². The number of aliphatic hydroxyl groups excluding tert-OH is 1. The lowest BCUT2D eigenvalue weighted by atomic mass is 9.86. The maximum Gasteiger partial charge on any atom is 0.328 e. The van der Waals surface area contributed by atoms with E-state index in [2.05, 4.69) is 47.4 Å². The Bertz CT molecular complexity index is 1490. The number of hydrogen-bond donors (Lipinski definition) is 8. The molecule has 0 radical (unpaired) electrons. The number of carbonyl (C=O) groups excluding carboxylic acids is 5. The van der Waals surface area contributed by atoms with Gasteiger partial charge >= 0.3 is 5.97 Å². The number of carbonyl (C=O) groups is 6. The molecule has 0 heterocycles. The molecule has 286 valence electrons. The van der Waals surface area contributed by atoms with Crippen LogP contribution in [0, 0.1) is 5.92 Å². The SMILES string of the molecule is CC(C)CC(NC(=O)C(C)NC(=O)C(Cc1ccccc1)NC(=O)c1ccc(C(C)(C)C)cc1)C(=O)NC(CCCCN)C(=O)NC(CO)C(=O)O. The van der Waals surface area contributed by atoms with Gasteiger partial charge in [0.2, 0.25) is 23.6 Å². The van der Waals surface area contributed by atoms with Crippen LogP contribution < -0.4 is 32.3 Å². The second-order valence-electron chi connectivity index (χ2n) is 14.4. The summed E-state index contributed by atoms with van der Waals surface area (Å²) >= 11 is 0. The van der Waals surface area contributed by atoms with Crippen molar-refractivity contribution >= 4 is 35.5 Å². The lowest BCUT2D eigenvalue weighted by Crippen LogP contribution is -2.58. The molecule has 14 heteroatoms. The number of unbranched alkanes of at least 4 members (excludes halogenated alkanes) is 1. The number of nitrogens with two attached hydrogens (primary N) is 1. The summed E-state index contributed by atoms with van der Waals surface area (Å²) in [6.07, 6.45) is 1.46. The van der Waals surface area contributed by atoms with E-state index in [1.54, 1.807) is 12.1 Å². The average molecular weight is 725 g/mol. The Morgan fingerprint density at radius 2 is 1.25 bits per heavy atom. The standard InChI is InChI=1S/C38H56N6O8/c1-23(2)20-29(36(50)41-28(14-10-11-19-39)34(48)44-31(22-45)37(51)52)42-32(46)24(3)40-35(49)30(21-25-12-8-7-9-13-25)43-33(47)26-15-17-27(18-16-26)38(4,5)6/h7-9,12-13,15-18,23-24,28-31,45H,10-11,14,19-22,39H2,1-6H3,(H,40,49)(H,41,50)(H,42,46)(H,43,47)(H,44,48)(H,51,52). The molecular weight excluding hydrogens is 668 g/mol. The van der Waals surface area contributed by atoms with Gasteiger partial charge in [-0.1, -0.05) is 77.1 Å². The lowest BCUT2D eigenvalue weighted by Gasteiger charge is -2.26. The predicted octanol–water partition coefficient (Wildman–Crippen LogP) is 1.54. The molecule has 2 aromatic rings. The zero-order chi connectivity index (χ0) is 39.0. The van der Waals surface area contributed by atoms with E-state index in [0.717, 1.165) is 11.1 Å². The van der Waals surface area contributed by atoms with Crippen LogP contribution in [-0.4, -0.2) is 89.1 Å². The fourth-order valence-electron chi connectivity index (χ4n) is 5.29. The third-order valence-corrected chi connectivity index (χ3v) is 8.39. The molecule has 5 amide bonds. The zero-order valence-corrected chi connectivity index (χ0v) is 31.0. The second-order valence-corrected chi connectivity index (χ2v) is 14.4. The largest absolute Gasteiger partial charge is 0.480 e. The molecule has 9 N–H and O–H groups in total. The highest BCUT2D eigenvalue weighted by Gasteiger charge is 2.31. The van der Waals surface area contributed by atoms with E-state index < -0.39 is 72.3 Å². The van der Waals surface area contributed by atoms with Gasteiger partial charge in [0.05, 0.1) is 6.61 Å². The highest BCUT2D eigenvalue weighted by atomic mass is 16.4. The van der Waals surface area contributed by atoms with E-state index in [-0.39, 0.29) is 30.6 Å². The Morgan fingerprint density at radius 3 is 1.79 bits per heavy atom. The average Bonchev–Trinajstić information content (AvgIpc) is 3.09. The monoisotopic (exact) mass is 724 g/mol. The molecule has 5 unspecified atom stereocenters. The first-order chi connectivity index (χ1) is 24.5. The third kappa shape index (κ3) is 14.4. The first kappa shape index (κ1) is 43.3. The van der Waals surface area contributed by atoms with Crippen molar-refractivity contribution in [2.24, 2.45) is 11.7 Å². The second kappa shape index (κ2) is 20.9. The Morgan fingerprint density at radius 1 is 0.692 bits per heavy atom. The number of carboxylic acids is 1. The van der Waals surface area contributed by atoms with E-state index in [9.17, 15) is 39.0 Å². The van der Waals surface area contributed by atoms with Crippen LogP contribution in [0.4, 0.5) is 0 Å². The summed E-state index contributed by atoms with van der Waals surface area (Å²) in [5, 5.41) is 31.6. The molecule has 2 rings (SSSR count). The molecule has 0 saturated heterocycles. The van der Waals surface area contributed by atoms with Gasteiger partial charge in [0.1, 0.15) is 30.2 Å². The summed E-state index contributed by atoms with van der Waals surface area (Å²) in [5.74, 6) is -4.74. The molecule has 0 aliphatic carbocycles. The maximum absolute atomic E-state index is 13.6. The number of amides is 5. The fraction of sp³-hybridized carbons (Fsp3) is 0.526. The Kier molecular flexibility index (Phi) is 17.4. The molecule has 0 saturated carbocycles. The van der Waals surface area contributed by atoms with Crippen molar-refractivity contribution in [3.63, 3.8) is 0 Å². The minimum absolute atomic E-state index is 0.0702. The molecule has 0 aliphatic heterocycles. The lowest BCUT2D eigenvalue weighted by molar-refractivity contribution is -0.143. The van der Waals surface area contributed by atoms with Crippen LogP contribution >= 0.6 is 0 Å². The van der Waals surface area contributed by atoms with Crippen molar-refractivity contribution in [3.05, 3.63) is 71.3 Å². The molecule has 52 heavy (non-hydrogen) atoms. The molecule has 0 bridgehead atoms. The van der Waals surface area contributed by atoms with E-state index in [0.29, 0.717) is 24.9 Å². The number of nitrogens with one attached hydrogen (secondary N) is 5. The zero-order valence-electron chi connectivity index (χ0n) is 31.0. The topological polar surface area (TPSA) is 229 Å². The normalized spacial score (nSPS) is 14.2. The Balaban J connectivity index is 2.21. The highest BCUT2D eigenvalue weighted by molar-refractivity contribution is 5.99. The van der Waals surface area contributed by atoms with Gasteiger partial charge in [-0.25, -0.2) is 4.79 Å². The van der Waals surface area contributed by atoms with Crippen LogP contribution in [0.2, 0.25) is 0 Å². The third-order valence-electron chi connectivity index (χ3n) is 8.39. The van der Waals surface area contributed by atoms with Crippen LogP contribution in [0.3, 0.4) is 0 Å². The first-order valence-corrected chi connectivity index (χ1v) is 17.7. The molecule has 0 fully saturated rings. The Hall–Kier alpha value is -4.82. The number of benzene rings is 2. The van der Waals surface area contributed by atoms with Gasteiger partial charge in [0.25, 0.3) is 5.91 Å². The molecule has 0 aliphatic rings. The van der Waals surface area contributed by atoms with Gasteiger partial charge in [0, 0.05) is 12.0 Å². The van der Waals surface area contributed by atoms with Crippen molar-refractivity contribution in [3.8, 4) is 0 Å². The van der Waals surface area contributed by atoms with E-state index in [1.165, 1.54) is 6.92 Å². The van der Waals surface area contributed by atoms with Crippen LogP contribution in [-0.2, 0) is 35.8 Å². The van der Waals surface area contributed by atoms with Crippen LogP contribution in [0.25, 0.3) is 0 Å². The van der Waals surface area contributed by atoms with Gasteiger partial charge < -0.3 is 42.5 Å². The quantitative estimate of drug-likeness (QED) is 0.0925. The summed E-state index contributed by atoms with van der Waals surface area (Å²) in [6.45, 7) is 10.8. The predicted molar refractivity (Wildman–Crippen MR) is 197 cm³/mol. The molecule has 5 atom stereocenters. The van der Waals surface area contributed by atoms with E-state index in [1.807, 2.05) is 56.3 Å². The number of carboxylic acid groups (broad SMARTS) is 1. The van der Waals surface area contributed by atoms with Gasteiger partial charge in [0.15, 0.2) is 0 Å². The van der Waals surface area contributed by atoms with Gasteiger partial charge in [-0.15, -0.1) is 0 Å². The van der Waals surface area contributed by atoms with E-state index >= 15 is 0 Å². The number of aliphatic hydroxyl groups is 1. The van der Waals surface area contributed by atoms with Crippen LogP contribution in [0.1, 0.15) is 88.7 Å². The van der Waals surface area contributed by atoms with Crippen LogP contribution in [0.5, 0.6) is 0 Å². The number of aliphatic carboxylic acids is 1. The highest BCUT2D eigenvalue weighted by Crippen LogP contribution is 2.22. The summed E-state index contributed by atoms with van der Waals surface area (Å²) in [7, 11) is 0. The Labute approximate surface area is 306 Å². The van der Waals surface area contributed by atoms with Gasteiger partial charge in [-0.2, -0.15) is 0 Å². The summed E-state index contributed by atoms with van der Waals surface area (Å²) in [5.41, 5.74) is 7.68. The van der Waals surface area contributed by atoms with Crippen molar-refractivity contribution in [1.29, 1.82) is 0 Å². The van der Waals surface area contributed by atoms with Crippen molar-refractivity contribution in [2.45, 2.75) is 109 Å².